The highest BCUT2D eigenvalue weighted by molar-refractivity contribution is 5.80. The highest BCUT2D eigenvalue weighted by Gasteiger charge is 2.34. The van der Waals surface area contributed by atoms with Gasteiger partial charge >= 0.3 is 0 Å². The van der Waals surface area contributed by atoms with E-state index in [-0.39, 0.29) is 17.8 Å². The van der Waals surface area contributed by atoms with Crippen molar-refractivity contribution in [2.45, 2.75) is 12.5 Å². The van der Waals surface area contributed by atoms with E-state index in [4.69, 9.17) is 0 Å². The fraction of sp³-hybridized carbons (Fsp3) is 0.417. The minimum Gasteiger partial charge on any atom is -0.333 e. The predicted octanol–water partition coefficient (Wildman–Crippen LogP) is 0.855. The van der Waals surface area contributed by atoms with Crippen molar-refractivity contribution in [3.63, 3.8) is 0 Å². The Balaban J connectivity index is 2.06. The largest absolute Gasteiger partial charge is 0.333 e. The molecule has 2 aliphatic rings. The number of piperazine rings is 1. The maximum Gasteiger partial charge on any atom is 0.237 e. The molecule has 0 radical (unpaired) electrons. The minimum atomic E-state index is -0.143. The van der Waals surface area contributed by atoms with Gasteiger partial charge in [0.25, 0.3) is 0 Å². The van der Waals surface area contributed by atoms with Crippen molar-refractivity contribution in [2.24, 2.45) is 0 Å². The van der Waals surface area contributed by atoms with Gasteiger partial charge in [-0.15, -0.1) is 0 Å². The first-order chi connectivity index (χ1) is 7.77. The zero-order valence-electron chi connectivity index (χ0n) is 8.87. The predicted molar refractivity (Wildman–Crippen MR) is 57.4 cm³/mol. The first-order valence-corrected chi connectivity index (χ1v) is 5.55. The second-order valence-electron chi connectivity index (χ2n) is 4.29. The Bertz CT molecular complexity index is 447. The molecule has 1 aromatic rings. The Kier molecular flexibility index (Phi) is 2.17. The molecule has 3 nitrogen and oxygen atoms in total. The van der Waals surface area contributed by atoms with Crippen LogP contribution < -0.4 is 5.32 Å². The second-order valence-corrected chi connectivity index (χ2v) is 4.29. The van der Waals surface area contributed by atoms with Crippen molar-refractivity contribution in [1.29, 1.82) is 0 Å². The summed E-state index contributed by atoms with van der Waals surface area (Å²) < 4.78 is 13.6. The molecular weight excluding hydrogens is 207 g/mol. The molecule has 0 saturated carbocycles. The fourth-order valence-electron chi connectivity index (χ4n) is 2.64. The Morgan fingerprint density at radius 1 is 1.44 bits per heavy atom. The van der Waals surface area contributed by atoms with Crippen LogP contribution in [0.3, 0.4) is 0 Å². The van der Waals surface area contributed by atoms with Crippen LogP contribution in [-0.2, 0) is 11.2 Å². The highest BCUT2D eigenvalue weighted by Crippen LogP contribution is 2.31. The van der Waals surface area contributed by atoms with E-state index in [0.717, 1.165) is 17.7 Å². The van der Waals surface area contributed by atoms with Gasteiger partial charge in [-0.1, -0.05) is 12.1 Å². The summed E-state index contributed by atoms with van der Waals surface area (Å²) in [5.41, 5.74) is 1.74. The van der Waals surface area contributed by atoms with Crippen LogP contribution in [0.4, 0.5) is 4.39 Å². The lowest BCUT2D eigenvalue weighted by atomic mass is 9.91. The van der Waals surface area contributed by atoms with E-state index in [0.29, 0.717) is 19.5 Å². The average Bonchev–Trinajstić information content (AvgIpc) is 2.30. The lowest BCUT2D eigenvalue weighted by Crippen LogP contribution is -2.52. The molecule has 4 heteroatoms. The third-order valence-electron chi connectivity index (χ3n) is 3.43. The van der Waals surface area contributed by atoms with Crippen molar-refractivity contribution in [3.8, 4) is 0 Å². The lowest BCUT2D eigenvalue weighted by Gasteiger charge is -2.40. The molecule has 1 amide bonds. The molecule has 1 N–H and O–H groups in total. The van der Waals surface area contributed by atoms with Gasteiger partial charge in [-0.3, -0.25) is 4.79 Å². The van der Waals surface area contributed by atoms with Crippen molar-refractivity contribution < 1.29 is 9.18 Å². The van der Waals surface area contributed by atoms with Crippen LogP contribution in [0.25, 0.3) is 0 Å². The van der Waals surface area contributed by atoms with Gasteiger partial charge in [-0.2, -0.15) is 0 Å². The maximum absolute atomic E-state index is 13.6. The minimum absolute atomic E-state index is 0.0145. The Labute approximate surface area is 93.2 Å². The molecule has 1 saturated heterocycles. The van der Waals surface area contributed by atoms with E-state index in [1.165, 1.54) is 6.07 Å². The van der Waals surface area contributed by atoms with Crippen LogP contribution >= 0.6 is 0 Å². The van der Waals surface area contributed by atoms with Crippen LogP contribution in [0.5, 0.6) is 0 Å². The monoisotopic (exact) mass is 220 g/mol. The summed E-state index contributed by atoms with van der Waals surface area (Å²) >= 11 is 0. The summed E-state index contributed by atoms with van der Waals surface area (Å²) in [5.74, 6) is -0.0265. The SMILES string of the molecule is O=C1CNCC2c3cccc(F)c3CCN12. The molecule has 1 fully saturated rings. The quantitative estimate of drug-likeness (QED) is 0.703. The van der Waals surface area contributed by atoms with Crippen molar-refractivity contribution in [1.82, 2.24) is 10.2 Å². The molecule has 1 atom stereocenters. The van der Waals surface area contributed by atoms with Crippen LogP contribution in [-0.4, -0.2) is 30.4 Å². The lowest BCUT2D eigenvalue weighted by molar-refractivity contribution is -0.135. The molecular formula is C12H13FN2O. The van der Waals surface area contributed by atoms with E-state index < -0.39 is 0 Å². The normalized spacial score (nSPS) is 23.9. The first kappa shape index (κ1) is 9.78. The van der Waals surface area contributed by atoms with Gasteiger partial charge in [0.2, 0.25) is 5.91 Å². The third-order valence-corrected chi connectivity index (χ3v) is 3.43. The number of hydrogen-bond donors (Lipinski definition) is 1. The van der Waals surface area contributed by atoms with Crippen LogP contribution in [0, 0.1) is 5.82 Å². The van der Waals surface area contributed by atoms with E-state index in [1.54, 1.807) is 6.07 Å². The summed E-state index contributed by atoms with van der Waals surface area (Å²) in [6, 6.07) is 5.15. The average molecular weight is 220 g/mol. The highest BCUT2D eigenvalue weighted by atomic mass is 19.1. The number of hydrogen-bond acceptors (Lipinski definition) is 2. The van der Waals surface area contributed by atoms with Crippen LogP contribution in [0.15, 0.2) is 18.2 Å². The van der Waals surface area contributed by atoms with Crippen molar-refractivity contribution in [2.75, 3.05) is 19.6 Å². The van der Waals surface area contributed by atoms with E-state index >= 15 is 0 Å². The van der Waals surface area contributed by atoms with E-state index in [2.05, 4.69) is 5.32 Å². The number of carbonyl (C=O) groups is 1. The molecule has 84 valence electrons. The number of halogens is 1. The molecule has 1 aromatic carbocycles. The van der Waals surface area contributed by atoms with Gasteiger partial charge in [-0.05, 0) is 23.6 Å². The van der Waals surface area contributed by atoms with Crippen LogP contribution in [0.2, 0.25) is 0 Å². The fourth-order valence-corrected chi connectivity index (χ4v) is 2.64. The molecule has 1 unspecified atom stereocenters. The van der Waals surface area contributed by atoms with Crippen LogP contribution in [0.1, 0.15) is 17.2 Å². The number of nitrogens with zero attached hydrogens (tertiary/aromatic N) is 1. The number of rotatable bonds is 0. The van der Waals surface area contributed by atoms with Gasteiger partial charge in [0.1, 0.15) is 5.82 Å². The van der Waals surface area contributed by atoms with Gasteiger partial charge in [0.15, 0.2) is 0 Å². The topological polar surface area (TPSA) is 32.3 Å². The standard InChI is InChI=1S/C12H13FN2O/c13-10-3-1-2-9-8(10)4-5-15-11(9)6-14-7-12(15)16/h1-3,11,14H,4-7H2. The third kappa shape index (κ3) is 1.33. The summed E-state index contributed by atoms with van der Waals surface area (Å²) in [7, 11) is 0. The summed E-state index contributed by atoms with van der Waals surface area (Å²) in [6.07, 6.45) is 0.629. The Morgan fingerprint density at radius 3 is 3.19 bits per heavy atom. The molecule has 3 rings (SSSR count). The summed E-state index contributed by atoms with van der Waals surface area (Å²) in [6.45, 7) is 1.77. The first-order valence-electron chi connectivity index (χ1n) is 5.55. The van der Waals surface area contributed by atoms with Gasteiger partial charge in [0.05, 0.1) is 12.6 Å². The Morgan fingerprint density at radius 2 is 2.31 bits per heavy atom. The van der Waals surface area contributed by atoms with Crippen molar-refractivity contribution in [3.05, 3.63) is 35.1 Å². The number of nitrogens with one attached hydrogen (secondary N) is 1. The molecule has 2 heterocycles. The summed E-state index contributed by atoms with van der Waals surface area (Å²) in [5, 5.41) is 3.08. The molecule has 0 aliphatic carbocycles. The molecule has 0 aromatic heterocycles. The Hall–Kier alpha value is -1.42. The van der Waals surface area contributed by atoms with E-state index in [1.807, 2.05) is 11.0 Å². The molecule has 16 heavy (non-hydrogen) atoms. The molecule has 2 aliphatic heterocycles. The number of fused-ring (bicyclic) bond motifs is 3. The molecule has 0 spiro atoms. The molecule has 0 bridgehead atoms. The number of benzene rings is 1. The number of amides is 1. The smallest absolute Gasteiger partial charge is 0.237 e. The number of carbonyl (C=O) groups excluding carboxylic acids is 1. The zero-order chi connectivity index (χ0) is 11.1. The summed E-state index contributed by atoms with van der Waals surface area (Å²) in [4.78, 5) is 13.6. The second kappa shape index (κ2) is 3.56. The zero-order valence-corrected chi connectivity index (χ0v) is 8.87. The van der Waals surface area contributed by atoms with E-state index in [9.17, 15) is 9.18 Å². The van der Waals surface area contributed by atoms with Crippen molar-refractivity contribution >= 4 is 5.91 Å². The van der Waals surface area contributed by atoms with Gasteiger partial charge in [0, 0.05) is 13.1 Å². The van der Waals surface area contributed by atoms with Gasteiger partial charge < -0.3 is 10.2 Å². The van der Waals surface area contributed by atoms with Gasteiger partial charge in [-0.25, -0.2) is 4.39 Å². The maximum atomic E-state index is 13.6.